The quantitative estimate of drug-likeness (QED) is 0.786. The number of fused-ring (bicyclic) bond motifs is 1. The Hall–Kier alpha value is -0.990. The van der Waals surface area contributed by atoms with E-state index < -0.39 is 0 Å². The number of likely N-dealkylation sites (N-methyl/N-ethyl adjacent to an activating group) is 1. The number of allylic oxidation sites excluding steroid dienone is 1. The zero-order chi connectivity index (χ0) is 14.2. The molecule has 0 fully saturated rings. The Morgan fingerprint density at radius 2 is 2.00 bits per heavy atom. The molecule has 1 aliphatic heterocycles. The van der Waals surface area contributed by atoms with Crippen molar-refractivity contribution >= 4 is 11.6 Å². The van der Waals surface area contributed by atoms with Crippen LogP contribution in [0.25, 0.3) is 0 Å². The van der Waals surface area contributed by atoms with Crippen LogP contribution in [0, 0.1) is 0 Å². The molecule has 0 saturated heterocycles. The van der Waals surface area contributed by atoms with E-state index in [1.165, 1.54) is 22.3 Å². The fraction of sp³-hybridized carbons (Fsp3) is 0.500. The summed E-state index contributed by atoms with van der Waals surface area (Å²) in [5.74, 6) is 0.534. The van der Waals surface area contributed by atoms with E-state index >= 15 is 0 Å². The van der Waals surface area contributed by atoms with Gasteiger partial charge >= 0.3 is 0 Å². The van der Waals surface area contributed by atoms with Gasteiger partial charge in [-0.3, -0.25) is 0 Å². The molecule has 1 heterocycles. The lowest BCUT2D eigenvalue weighted by Crippen LogP contribution is -2.24. The van der Waals surface area contributed by atoms with Crippen molar-refractivity contribution in [2.75, 3.05) is 20.1 Å². The standard InChI is InChI=1S/C16H22ClNO/c1-10(2)11(3)14-9-18(4)6-5-12-7-15(17)16(19)8-13(12)14/h7-8,14,19H,5-6,9H2,1-4H3/t14-/m0/s1. The van der Waals surface area contributed by atoms with E-state index in [9.17, 15) is 5.11 Å². The van der Waals surface area contributed by atoms with E-state index in [-0.39, 0.29) is 5.75 Å². The molecule has 1 aromatic rings. The molecule has 0 unspecified atom stereocenters. The summed E-state index contributed by atoms with van der Waals surface area (Å²) < 4.78 is 0. The van der Waals surface area contributed by atoms with Crippen LogP contribution in [-0.2, 0) is 6.42 Å². The first-order valence-electron chi connectivity index (χ1n) is 6.74. The number of hydrogen-bond donors (Lipinski definition) is 1. The molecule has 19 heavy (non-hydrogen) atoms. The van der Waals surface area contributed by atoms with Gasteiger partial charge < -0.3 is 10.0 Å². The Labute approximate surface area is 120 Å². The number of aromatic hydroxyl groups is 1. The highest BCUT2D eigenvalue weighted by molar-refractivity contribution is 6.32. The molecule has 104 valence electrons. The van der Waals surface area contributed by atoms with Crippen LogP contribution < -0.4 is 0 Å². The van der Waals surface area contributed by atoms with Crippen LogP contribution in [0.4, 0.5) is 0 Å². The zero-order valence-electron chi connectivity index (χ0n) is 12.1. The number of rotatable bonds is 1. The summed E-state index contributed by atoms with van der Waals surface area (Å²) in [6.45, 7) is 8.51. The van der Waals surface area contributed by atoms with Crippen molar-refractivity contribution in [3.05, 3.63) is 39.4 Å². The fourth-order valence-corrected chi connectivity index (χ4v) is 2.88. The number of benzene rings is 1. The van der Waals surface area contributed by atoms with Crippen molar-refractivity contribution in [2.24, 2.45) is 0 Å². The Morgan fingerprint density at radius 3 is 2.63 bits per heavy atom. The third-order valence-corrected chi connectivity index (χ3v) is 4.46. The number of phenols is 1. The summed E-state index contributed by atoms with van der Waals surface area (Å²) in [6, 6.07) is 3.78. The Morgan fingerprint density at radius 1 is 1.32 bits per heavy atom. The normalized spacial score (nSPS) is 19.7. The minimum Gasteiger partial charge on any atom is -0.506 e. The molecular formula is C16H22ClNO. The predicted molar refractivity (Wildman–Crippen MR) is 81.1 cm³/mol. The molecular weight excluding hydrogens is 258 g/mol. The van der Waals surface area contributed by atoms with Gasteiger partial charge in [0.2, 0.25) is 0 Å². The zero-order valence-corrected chi connectivity index (χ0v) is 12.9. The molecule has 0 aromatic heterocycles. The molecule has 0 radical (unpaired) electrons. The molecule has 0 bridgehead atoms. The Bertz CT molecular complexity index is 518. The lowest BCUT2D eigenvalue weighted by Gasteiger charge is -2.23. The summed E-state index contributed by atoms with van der Waals surface area (Å²) in [5.41, 5.74) is 5.22. The fourth-order valence-electron chi connectivity index (χ4n) is 2.69. The summed E-state index contributed by atoms with van der Waals surface area (Å²) in [6.07, 6.45) is 0.984. The van der Waals surface area contributed by atoms with Crippen LogP contribution in [0.1, 0.15) is 37.8 Å². The minimum atomic E-state index is 0.191. The van der Waals surface area contributed by atoms with Gasteiger partial charge in [0.15, 0.2) is 0 Å². The summed E-state index contributed by atoms with van der Waals surface area (Å²) >= 11 is 6.05. The molecule has 1 aliphatic rings. The molecule has 1 N–H and O–H groups in total. The van der Waals surface area contributed by atoms with E-state index in [0.29, 0.717) is 10.9 Å². The van der Waals surface area contributed by atoms with Crippen molar-refractivity contribution in [2.45, 2.75) is 33.1 Å². The minimum absolute atomic E-state index is 0.191. The van der Waals surface area contributed by atoms with Crippen LogP contribution in [0.15, 0.2) is 23.3 Å². The van der Waals surface area contributed by atoms with Crippen molar-refractivity contribution in [3.63, 3.8) is 0 Å². The maximum absolute atomic E-state index is 9.91. The van der Waals surface area contributed by atoms with Crippen molar-refractivity contribution in [1.82, 2.24) is 4.90 Å². The van der Waals surface area contributed by atoms with Gasteiger partial charge in [-0.15, -0.1) is 0 Å². The molecule has 2 nitrogen and oxygen atoms in total. The highest BCUT2D eigenvalue weighted by Crippen LogP contribution is 2.37. The van der Waals surface area contributed by atoms with Crippen LogP contribution in [0.5, 0.6) is 5.75 Å². The smallest absolute Gasteiger partial charge is 0.134 e. The van der Waals surface area contributed by atoms with Crippen molar-refractivity contribution < 1.29 is 5.11 Å². The first-order valence-corrected chi connectivity index (χ1v) is 7.11. The largest absolute Gasteiger partial charge is 0.506 e. The third kappa shape index (κ3) is 2.96. The second-order valence-corrected chi connectivity index (χ2v) is 6.16. The van der Waals surface area contributed by atoms with Crippen LogP contribution in [0.2, 0.25) is 5.02 Å². The lowest BCUT2D eigenvalue weighted by molar-refractivity contribution is 0.336. The highest BCUT2D eigenvalue weighted by Gasteiger charge is 2.24. The molecule has 0 aliphatic carbocycles. The number of hydrogen-bond acceptors (Lipinski definition) is 2. The van der Waals surface area contributed by atoms with Gasteiger partial charge in [-0.1, -0.05) is 22.7 Å². The van der Waals surface area contributed by atoms with Gasteiger partial charge in [0.25, 0.3) is 0 Å². The maximum Gasteiger partial charge on any atom is 0.134 e. The molecule has 0 saturated carbocycles. The predicted octanol–water partition coefficient (Wildman–Crippen LogP) is 3.97. The second kappa shape index (κ2) is 5.56. The first kappa shape index (κ1) is 14.4. The van der Waals surface area contributed by atoms with Crippen molar-refractivity contribution in [1.29, 1.82) is 0 Å². The van der Waals surface area contributed by atoms with Gasteiger partial charge in [-0.2, -0.15) is 0 Å². The third-order valence-electron chi connectivity index (χ3n) is 4.15. The van der Waals surface area contributed by atoms with Gasteiger partial charge in [0.05, 0.1) is 5.02 Å². The highest BCUT2D eigenvalue weighted by atomic mass is 35.5. The Balaban J connectivity index is 2.56. The monoisotopic (exact) mass is 279 g/mol. The van der Waals surface area contributed by atoms with Gasteiger partial charge in [0, 0.05) is 19.0 Å². The molecule has 1 atom stereocenters. The van der Waals surface area contributed by atoms with Gasteiger partial charge in [0.1, 0.15) is 5.75 Å². The van der Waals surface area contributed by atoms with E-state index in [1.54, 1.807) is 0 Å². The average molecular weight is 280 g/mol. The molecule has 1 aromatic carbocycles. The molecule has 0 amide bonds. The Kier molecular flexibility index (Phi) is 4.22. The first-order chi connectivity index (χ1) is 8.90. The van der Waals surface area contributed by atoms with E-state index in [1.807, 2.05) is 12.1 Å². The van der Waals surface area contributed by atoms with Crippen LogP contribution >= 0.6 is 11.6 Å². The molecule has 3 heteroatoms. The van der Waals surface area contributed by atoms with Crippen molar-refractivity contribution in [3.8, 4) is 5.75 Å². The molecule has 0 spiro atoms. The van der Waals surface area contributed by atoms with E-state index in [4.69, 9.17) is 11.6 Å². The summed E-state index contributed by atoms with van der Waals surface area (Å²) in [7, 11) is 2.15. The average Bonchev–Trinajstić information content (AvgIpc) is 2.50. The number of nitrogens with zero attached hydrogens (tertiary/aromatic N) is 1. The van der Waals surface area contributed by atoms with E-state index in [2.05, 4.69) is 32.7 Å². The van der Waals surface area contributed by atoms with Gasteiger partial charge in [-0.05, 0) is 57.5 Å². The van der Waals surface area contributed by atoms with Crippen LogP contribution in [0.3, 0.4) is 0 Å². The second-order valence-electron chi connectivity index (χ2n) is 5.75. The van der Waals surface area contributed by atoms with Crippen LogP contribution in [-0.4, -0.2) is 30.1 Å². The summed E-state index contributed by atoms with van der Waals surface area (Å²) in [5, 5.41) is 10.4. The number of halogens is 1. The van der Waals surface area contributed by atoms with E-state index in [0.717, 1.165) is 19.5 Å². The lowest BCUT2D eigenvalue weighted by atomic mass is 9.86. The maximum atomic E-state index is 9.91. The topological polar surface area (TPSA) is 23.5 Å². The van der Waals surface area contributed by atoms with Gasteiger partial charge in [-0.25, -0.2) is 0 Å². The molecule has 2 rings (SSSR count). The summed E-state index contributed by atoms with van der Waals surface area (Å²) in [4.78, 5) is 2.35. The number of phenolic OH excluding ortho intramolecular Hbond substituents is 1. The SMILES string of the molecule is CC(C)=C(C)[C@@H]1CN(C)CCc2cc(Cl)c(O)cc21.